The van der Waals surface area contributed by atoms with Gasteiger partial charge in [0.25, 0.3) is 0 Å². The lowest BCUT2D eigenvalue weighted by molar-refractivity contribution is -0.0112. The monoisotopic (exact) mass is 371 g/mol. The van der Waals surface area contributed by atoms with Crippen LogP contribution in [0.5, 0.6) is 0 Å². The molecule has 3 rings (SSSR count). The molecule has 3 aromatic rings. The van der Waals surface area contributed by atoms with Gasteiger partial charge < -0.3 is 5.11 Å². The zero-order chi connectivity index (χ0) is 19.6. The number of rotatable bonds is 6. The molecule has 0 fully saturated rings. The van der Waals surface area contributed by atoms with Gasteiger partial charge in [0.05, 0.1) is 6.54 Å². The predicted octanol–water partition coefficient (Wildman–Crippen LogP) is 3.45. The molecule has 0 bridgehead atoms. The van der Waals surface area contributed by atoms with E-state index in [1.165, 1.54) is 30.3 Å². The summed E-state index contributed by atoms with van der Waals surface area (Å²) < 4.78 is 29.3. The Labute approximate surface area is 155 Å². The Morgan fingerprint density at radius 2 is 1.93 bits per heavy atom. The summed E-state index contributed by atoms with van der Waals surface area (Å²) in [7, 11) is 0. The van der Waals surface area contributed by atoms with E-state index >= 15 is 0 Å². The Hall–Kier alpha value is -2.93. The molecule has 0 amide bonds. The average molecular weight is 371 g/mol. The smallest absolute Gasteiger partial charge is 0.159 e. The molecule has 5 nitrogen and oxygen atoms in total. The highest BCUT2D eigenvalue weighted by molar-refractivity contribution is 5.94. The number of ketones is 1. The topological polar surface area (TPSA) is 68.0 Å². The third-order valence-electron chi connectivity index (χ3n) is 4.80. The fourth-order valence-electron chi connectivity index (χ4n) is 3.14. The fraction of sp³-hybridized carbons (Fsp3) is 0.250. The van der Waals surface area contributed by atoms with Crippen molar-refractivity contribution in [1.29, 1.82) is 0 Å². The standard InChI is InChI=1S/C20H19F2N3O2/c1-13(15-3-5-16(6-4-15)14(2)26)20(27,10-25-12-23-11-24-25)18-8-7-17(21)9-19(18)22/h3-9,11-13,27H,10H2,1-2H3. The number of hydrogen-bond acceptors (Lipinski definition) is 4. The summed E-state index contributed by atoms with van der Waals surface area (Å²) in [6.45, 7) is 3.13. The van der Waals surface area contributed by atoms with Crippen molar-refractivity contribution in [3.05, 3.63) is 83.4 Å². The number of aliphatic hydroxyl groups is 1. The first-order chi connectivity index (χ1) is 12.8. The van der Waals surface area contributed by atoms with E-state index < -0.39 is 23.2 Å². The van der Waals surface area contributed by atoms with E-state index in [-0.39, 0.29) is 17.9 Å². The molecule has 2 atom stereocenters. The minimum absolute atomic E-state index is 0.0393. The van der Waals surface area contributed by atoms with Crippen LogP contribution in [-0.4, -0.2) is 25.7 Å². The summed E-state index contributed by atoms with van der Waals surface area (Å²) >= 11 is 0. The van der Waals surface area contributed by atoms with E-state index in [0.29, 0.717) is 11.1 Å². The van der Waals surface area contributed by atoms with Gasteiger partial charge >= 0.3 is 0 Å². The van der Waals surface area contributed by atoms with Crippen LogP contribution in [-0.2, 0) is 12.1 Å². The van der Waals surface area contributed by atoms with Crippen molar-refractivity contribution in [2.75, 3.05) is 0 Å². The van der Waals surface area contributed by atoms with Gasteiger partial charge in [0.15, 0.2) is 5.78 Å². The van der Waals surface area contributed by atoms with Gasteiger partial charge in [0, 0.05) is 23.1 Å². The van der Waals surface area contributed by atoms with Crippen molar-refractivity contribution in [1.82, 2.24) is 14.8 Å². The van der Waals surface area contributed by atoms with Crippen LogP contribution in [0.25, 0.3) is 0 Å². The van der Waals surface area contributed by atoms with Gasteiger partial charge in [-0.05, 0) is 18.6 Å². The van der Waals surface area contributed by atoms with E-state index in [4.69, 9.17) is 0 Å². The molecule has 2 aromatic carbocycles. The molecule has 0 aliphatic heterocycles. The first kappa shape index (κ1) is 18.8. The minimum atomic E-state index is -1.72. The van der Waals surface area contributed by atoms with Gasteiger partial charge in [-0.15, -0.1) is 0 Å². The quantitative estimate of drug-likeness (QED) is 0.674. The number of nitrogens with zero attached hydrogens (tertiary/aromatic N) is 3. The average Bonchev–Trinajstić information content (AvgIpc) is 3.13. The number of Topliss-reactive ketones (excluding diaryl/α,β-unsaturated/α-hetero) is 1. The molecule has 1 aromatic heterocycles. The number of hydrogen-bond donors (Lipinski definition) is 1. The van der Waals surface area contributed by atoms with Crippen LogP contribution in [0.2, 0.25) is 0 Å². The highest BCUT2D eigenvalue weighted by atomic mass is 19.1. The number of carbonyl (C=O) groups is 1. The van der Waals surface area contributed by atoms with E-state index in [1.807, 2.05) is 0 Å². The van der Waals surface area contributed by atoms with Crippen LogP contribution in [0.1, 0.15) is 41.3 Å². The number of aromatic nitrogens is 3. The molecule has 140 valence electrons. The first-order valence-corrected chi connectivity index (χ1v) is 8.42. The van der Waals surface area contributed by atoms with E-state index in [1.54, 1.807) is 31.2 Å². The minimum Gasteiger partial charge on any atom is -0.382 e. The predicted molar refractivity (Wildman–Crippen MR) is 95.1 cm³/mol. The van der Waals surface area contributed by atoms with E-state index in [9.17, 15) is 18.7 Å². The van der Waals surface area contributed by atoms with Crippen LogP contribution < -0.4 is 0 Å². The molecule has 0 saturated carbocycles. The Bertz CT molecular complexity index is 942. The van der Waals surface area contributed by atoms with Gasteiger partial charge in [-0.2, -0.15) is 5.10 Å². The molecule has 0 saturated heterocycles. The summed E-state index contributed by atoms with van der Waals surface area (Å²) in [5.74, 6) is -2.22. The summed E-state index contributed by atoms with van der Waals surface area (Å²) in [4.78, 5) is 15.3. The summed E-state index contributed by atoms with van der Waals surface area (Å²) in [6, 6.07) is 9.84. The SMILES string of the molecule is CC(=O)c1ccc(C(C)C(O)(Cn2cncn2)c2ccc(F)cc2F)cc1. The van der Waals surface area contributed by atoms with Crippen molar-refractivity contribution in [3.63, 3.8) is 0 Å². The molecule has 27 heavy (non-hydrogen) atoms. The van der Waals surface area contributed by atoms with Crippen LogP contribution in [0.15, 0.2) is 55.1 Å². The molecule has 0 spiro atoms. The van der Waals surface area contributed by atoms with Crippen LogP contribution in [0, 0.1) is 11.6 Å². The molecule has 2 unspecified atom stereocenters. The van der Waals surface area contributed by atoms with Crippen LogP contribution in [0.4, 0.5) is 8.78 Å². The molecule has 0 aliphatic rings. The van der Waals surface area contributed by atoms with E-state index in [0.717, 1.165) is 12.1 Å². The highest BCUT2D eigenvalue weighted by Gasteiger charge is 2.39. The van der Waals surface area contributed by atoms with Crippen LogP contribution in [0.3, 0.4) is 0 Å². The molecule has 1 N–H and O–H groups in total. The molecule has 0 radical (unpaired) electrons. The Balaban J connectivity index is 2.06. The third-order valence-corrected chi connectivity index (χ3v) is 4.80. The van der Waals surface area contributed by atoms with Crippen molar-refractivity contribution in [2.24, 2.45) is 0 Å². The maximum atomic E-state index is 14.5. The fourth-order valence-corrected chi connectivity index (χ4v) is 3.14. The van der Waals surface area contributed by atoms with Crippen molar-refractivity contribution >= 4 is 5.78 Å². The Morgan fingerprint density at radius 3 is 2.48 bits per heavy atom. The summed E-state index contributed by atoms with van der Waals surface area (Å²) in [5.41, 5.74) is -0.518. The largest absolute Gasteiger partial charge is 0.382 e. The second kappa shape index (κ2) is 7.36. The second-order valence-electron chi connectivity index (χ2n) is 6.54. The van der Waals surface area contributed by atoms with Gasteiger partial charge in [-0.25, -0.2) is 18.4 Å². The van der Waals surface area contributed by atoms with Gasteiger partial charge in [0.1, 0.15) is 29.9 Å². The number of benzene rings is 2. The zero-order valence-electron chi connectivity index (χ0n) is 14.9. The van der Waals surface area contributed by atoms with Gasteiger partial charge in [-0.3, -0.25) is 4.79 Å². The third kappa shape index (κ3) is 3.78. The summed E-state index contributed by atoms with van der Waals surface area (Å²) in [5, 5.41) is 15.5. The lowest BCUT2D eigenvalue weighted by Gasteiger charge is -2.35. The van der Waals surface area contributed by atoms with Gasteiger partial charge in [0.2, 0.25) is 0 Å². The summed E-state index contributed by atoms with van der Waals surface area (Å²) in [6.07, 6.45) is 2.73. The van der Waals surface area contributed by atoms with Crippen molar-refractivity contribution in [2.45, 2.75) is 31.9 Å². The Kier molecular flexibility index (Phi) is 5.14. The number of halogens is 2. The van der Waals surface area contributed by atoms with Gasteiger partial charge in [-0.1, -0.05) is 37.3 Å². The second-order valence-corrected chi connectivity index (χ2v) is 6.54. The normalized spacial score (nSPS) is 14.6. The maximum absolute atomic E-state index is 14.5. The Morgan fingerprint density at radius 1 is 1.22 bits per heavy atom. The van der Waals surface area contributed by atoms with Crippen LogP contribution >= 0.6 is 0 Å². The zero-order valence-corrected chi connectivity index (χ0v) is 14.9. The molecule has 7 heteroatoms. The van der Waals surface area contributed by atoms with E-state index in [2.05, 4.69) is 10.1 Å². The molecule has 0 aliphatic carbocycles. The molecular weight excluding hydrogens is 352 g/mol. The first-order valence-electron chi connectivity index (χ1n) is 8.42. The molecular formula is C20H19F2N3O2. The highest BCUT2D eigenvalue weighted by Crippen LogP contribution is 2.39. The van der Waals surface area contributed by atoms with Crippen molar-refractivity contribution in [3.8, 4) is 0 Å². The van der Waals surface area contributed by atoms with Crippen molar-refractivity contribution < 1.29 is 18.7 Å². The lowest BCUT2D eigenvalue weighted by atomic mass is 9.77. The number of carbonyl (C=O) groups excluding carboxylic acids is 1. The molecule has 1 heterocycles. The maximum Gasteiger partial charge on any atom is 0.159 e. The lowest BCUT2D eigenvalue weighted by Crippen LogP contribution is -2.38.